The summed E-state index contributed by atoms with van der Waals surface area (Å²) in [7, 11) is 0. The molecule has 152 valence electrons. The molecule has 10 nitrogen and oxygen atoms in total. The maximum Gasteiger partial charge on any atom is 0.325 e. The number of benzene rings is 2. The van der Waals surface area contributed by atoms with Crippen molar-refractivity contribution in [2.24, 2.45) is 0 Å². The highest BCUT2D eigenvalue weighted by Crippen LogP contribution is 2.29. The van der Waals surface area contributed by atoms with E-state index < -0.39 is 35.7 Å². The fraction of sp³-hybridized carbons (Fsp3) is 0.158. The van der Waals surface area contributed by atoms with Crippen molar-refractivity contribution in [2.75, 3.05) is 11.9 Å². The Bertz CT molecular complexity index is 1120. The number of rotatable bonds is 5. The second-order valence-corrected chi connectivity index (χ2v) is 6.81. The molecule has 11 heteroatoms. The van der Waals surface area contributed by atoms with Gasteiger partial charge in [0.2, 0.25) is 5.91 Å². The summed E-state index contributed by atoms with van der Waals surface area (Å²) >= 11 is 0. The molecular formula is C19H16FN7O3. The van der Waals surface area contributed by atoms with Crippen molar-refractivity contribution in [1.82, 2.24) is 30.4 Å². The lowest BCUT2D eigenvalue weighted by molar-refractivity contribution is -0.133. The zero-order valence-electron chi connectivity index (χ0n) is 15.7. The molecule has 2 heterocycles. The molecule has 1 aliphatic rings. The summed E-state index contributed by atoms with van der Waals surface area (Å²) in [5.74, 6) is -1.60. The summed E-state index contributed by atoms with van der Waals surface area (Å²) in [4.78, 5) is 38.6. The number of hydrogen-bond donors (Lipinski definition) is 2. The summed E-state index contributed by atoms with van der Waals surface area (Å²) in [6.45, 7) is 1.08. The highest BCUT2D eigenvalue weighted by atomic mass is 19.1. The van der Waals surface area contributed by atoms with Crippen molar-refractivity contribution in [1.29, 1.82) is 0 Å². The third-order valence-electron chi connectivity index (χ3n) is 4.74. The molecule has 1 aliphatic heterocycles. The molecular weight excluding hydrogens is 393 g/mol. The first-order chi connectivity index (χ1) is 14.4. The Morgan fingerprint density at radius 3 is 2.67 bits per heavy atom. The zero-order valence-corrected chi connectivity index (χ0v) is 15.7. The van der Waals surface area contributed by atoms with Gasteiger partial charge in [-0.1, -0.05) is 12.1 Å². The largest absolute Gasteiger partial charge is 0.325 e. The fourth-order valence-corrected chi connectivity index (χ4v) is 3.15. The van der Waals surface area contributed by atoms with Crippen LogP contribution in [0.1, 0.15) is 12.5 Å². The van der Waals surface area contributed by atoms with Crippen LogP contribution in [0.5, 0.6) is 0 Å². The van der Waals surface area contributed by atoms with Crippen molar-refractivity contribution < 1.29 is 18.8 Å². The Morgan fingerprint density at radius 1 is 1.20 bits per heavy atom. The third-order valence-corrected chi connectivity index (χ3v) is 4.74. The van der Waals surface area contributed by atoms with Crippen molar-refractivity contribution in [3.05, 3.63) is 66.2 Å². The van der Waals surface area contributed by atoms with Gasteiger partial charge >= 0.3 is 6.03 Å². The number of tetrazole rings is 1. The van der Waals surface area contributed by atoms with Crippen LogP contribution in [0.25, 0.3) is 5.69 Å². The topological polar surface area (TPSA) is 122 Å². The summed E-state index contributed by atoms with van der Waals surface area (Å²) < 4.78 is 14.4. The zero-order chi connectivity index (χ0) is 21.3. The van der Waals surface area contributed by atoms with Crippen LogP contribution in [0.15, 0.2) is 54.9 Å². The third kappa shape index (κ3) is 3.48. The Hall–Kier alpha value is -4.15. The molecule has 0 bridgehead atoms. The molecule has 1 saturated heterocycles. The van der Waals surface area contributed by atoms with E-state index in [-0.39, 0.29) is 0 Å². The Kier molecular flexibility index (Phi) is 4.70. The van der Waals surface area contributed by atoms with Crippen LogP contribution in [0.4, 0.5) is 14.9 Å². The van der Waals surface area contributed by atoms with Crippen LogP contribution in [-0.4, -0.2) is 49.5 Å². The molecule has 0 aliphatic carbocycles. The summed E-state index contributed by atoms with van der Waals surface area (Å²) in [6, 6.07) is 11.3. The molecule has 3 aromatic rings. The van der Waals surface area contributed by atoms with Gasteiger partial charge in [0.1, 0.15) is 24.2 Å². The van der Waals surface area contributed by atoms with E-state index in [1.165, 1.54) is 35.3 Å². The average Bonchev–Trinajstić information content (AvgIpc) is 3.34. The van der Waals surface area contributed by atoms with E-state index in [0.717, 1.165) is 4.90 Å². The molecule has 1 fully saturated rings. The number of aromatic nitrogens is 4. The molecule has 1 aromatic heterocycles. The number of halogens is 1. The van der Waals surface area contributed by atoms with Gasteiger partial charge in [0.25, 0.3) is 5.91 Å². The molecule has 30 heavy (non-hydrogen) atoms. The minimum Gasteiger partial charge on any atom is -0.325 e. The predicted molar refractivity (Wildman–Crippen MR) is 102 cm³/mol. The first kappa shape index (κ1) is 19.2. The Morgan fingerprint density at radius 2 is 1.97 bits per heavy atom. The Labute approximate surface area is 169 Å². The first-order valence-corrected chi connectivity index (χ1v) is 8.90. The van der Waals surface area contributed by atoms with Gasteiger partial charge in [-0.3, -0.25) is 14.5 Å². The molecule has 2 N–H and O–H groups in total. The van der Waals surface area contributed by atoms with Gasteiger partial charge in [-0.15, -0.1) is 5.10 Å². The van der Waals surface area contributed by atoms with E-state index in [0.29, 0.717) is 16.9 Å². The number of hydrogen-bond acceptors (Lipinski definition) is 6. The van der Waals surface area contributed by atoms with Crippen LogP contribution in [0.3, 0.4) is 0 Å². The molecule has 1 atom stereocenters. The van der Waals surface area contributed by atoms with E-state index in [4.69, 9.17) is 0 Å². The monoisotopic (exact) mass is 409 g/mol. The highest BCUT2D eigenvalue weighted by Gasteiger charge is 2.49. The highest BCUT2D eigenvalue weighted by molar-refractivity contribution is 6.10. The van der Waals surface area contributed by atoms with E-state index in [1.807, 2.05) is 0 Å². The van der Waals surface area contributed by atoms with Gasteiger partial charge in [-0.2, -0.15) is 0 Å². The van der Waals surface area contributed by atoms with Crippen LogP contribution < -0.4 is 10.6 Å². The minimum absolute atomic E-state index is 0.352. The van der Waals surface area contributed by atoms with Gasteiger partial charge in [-0.05, 0) is 59.3 Å². The molecule has 4 rings (SSSR count). The molecule has 0 radical (unpaired) electrons. The van der Waals surface area contributed by atoms with Gasteiger partial charge < -0.3 is 10.6 Å². The summed E-state index contributed by atoms with van der Waals surface area (Å²) in [6.07, 6.45) is 1.41. The van der Waals surface area contributed by atoms with E-state index in [9.17, 15) is 18.8 Å². The maximum atomic E-state index is 13.0. The number of nitrogens with zero attached hydrogens (tertiary/aromatic N) is 5. The normalized spacial score (nSPS) is 18.4. The lowest BCUT2D eigenvalue weighted by Gasteiger charge is -2.22. The molecule has 4 amide bonds. The van der Waals surface area contributed by atoms with Gasteiger partial charge in [-0.25, -0.2) is 13.9 Å². The number of carbonyl (C=O) groups is 3. The van der Waals surface area contributed by atoms with Crippen LogP contribution >= 0.6 is 0 Å². The van der Waals surface area contributed by atoms with Crippen molar-refractivity contribution in [2.45, 2.75) is 12.5 Å². The number of urea groups is 1. The SMILES string of the molecule is C[C@@]1(c2cccc(-n3cnnn3)c2)NC(=O)N(CC(=O)Nc2ccc(F)cc2)C1=O. The fourth-order valence-electron chi connectivity index (χ4n) is 3.15. The maximum absolute atomic E-state index is 13.0. The lowest BCUT2D eigenvalue weighted by atomic mass is 9.91. The van der Waals surface area contributed by atoms with Gasteiger partial charge in [0, 0.05) is 5.69 Å². The molecule has 0 unspecified atom stereocenters. The molecule has 0 saturated carbocycles. The average molecular weight is 409 g/mol. The second-order valence-electron chi connectivity index (χ2n) is 6.81. The van der Waals surface area contributed by atoms with Crippen LogP contribution in [0.2, 0.25) is 0 Å². The summed E-state index contributed by atoms with van der Waals surface area (Å²) in [5, 5.41) is 16.1. The van der Waals surface area contributed by atoms with Crippen molar-refractivity contribution in [3.8, 4) is 5.69 Å². The number of carbonyl (C=O) groups excluding carboxylic acids is 3. The van der Waals surface area contributed by atoms with E-state index >= 15 is 0 Å². The second kappa shape index (κ2) is 7.35. The van der Waals surface area contributed by atoms with E-state index in [1.54, 1.807) is 31.2 Å². The standard InChI is InChI=1S/C19H16FN7O3/c1-19(12-3-2-4-15(9-12)27-11-21-24-25-27)17(29)26(18(30)23-19)10-16(28)22-14-7-5-13(20)6-8-14/h2-9,11H,10H2,1H3,(H,22,28)(H,23,30)/t19-/m0/s1. The minimum atomic E-state index is -1.36. The van der Waals surface area contributed by atoms with Crippen molar-refractivity contribution in [3.63, 3.8) is 0 Å². The first-order valence-electron chi connectivity index (χ1n) is 8.90. The van der Waals surface area contributed by atoms with Crippen LogP contribution in [0, 0.1) is 5.82 Å². The number of anilines is 1. The van der Waals surface area contributed by atoms with Crippen LogP contribution in [-0.2, 0) is 15.1 Å². The van der Waals surface area contributed by atoms with Gasteiger partial charge in [0.05, 0.1) is 5.69 Å². The summed E-state index contributed by atoms with van der Waals surface area (Å²) in [5.41, 5.74) is 0.103. The lowest BCUT2D eigenvalue weighted by Crippen LogP contribution is -2.42. The molecule has 2 aromatic carbocycles. The Balaban J connectivity index is 1.52. The van der Waals surface area contributed by atoms with Crippen molar-refractivity contribution >= 4 is 23.5 Å². The number of imide groups is 1. The number of nitrogens with one attached hydrogen (secondary N) is 2. The quantitative estimate of drug-likeness (QED) is 0.611. The molecule has 0 spiro atoms. The van der Waals surface area contributed by atoms with Gasteiger partial charge in [0.15, 0.2) is 0 Å². The number of amides is 4. The smallest absolute Gasteiger partial charge is 0.325 e. The predicted octanol–water partition coefficient (Wildman–Crippen LogP) is 1.21. The van der Waals surface area contributed by atoms with E-state index in [2.05, 4.69) is 26.2 Å².